The summed E-state index contributed by atoms with van der Waals surface area (Å²) in [5.74, 6) is -0.175. The SMILES string of the molecule is [CH2]CCOC(=O)CCC(C)N. The van der Waals surface area contributed by atoms with Crippen molar-refractivity contribution < 1.29 is 9.53 Å². The number of nitrogens with two attached hydrogens (primary N) is 1. The Morgan fingerprint density at radius 2 is 2.36 bits per heavy atom. The predicted octanol–water partition coefficient (Wildman–Crippen LogP) is 0.881. The molecule has 2 N–H and O–H groups in total. The molecule has 1 atom stereocenters. The van der Waals surface area contributed by atoms with Crippen LogP contribution in [0.2, 0.25) is 0 Å². The molecule has 0 rings (SSSR count). The molecule has 0 saturated heterocycles. The highest BCUT2D eigenvalue weighted by atomic mass is 16.5. The Hall–Kier alpha value is -0.570. The van der Waals surface area contributed by atoms with E-state index >= 15 is 0 Å². The largest absolute Gasteiger partial charge is 0.466 e. The molecule has 0 aromatic heterocycles. The van der Waals surface area contributed by atoms with Gasteiger partial charge < -0.3 is 10.5 Å². The second kappa shape index (κ2) is 6.16. The van der Waals surface area contributed by atoms with E-state index in [1.165, 1.54) is 0 Å². The van der Waals surface area contributed by atoms with Crippen LogP contribution < -0.4 is 5.73 Å². The zero-order valence-electron chi connectivity index (χ0n) is 7.01. The summed E-state index contributed by atoms with van der Waals surface area (Å²) < 4.78 is 4.78. The summed E-state index contributed by atoms with van der Waals surface area (Å²) in [5, 5.41) is 0. The first-order valence-electron chi connectivity index (χ1n) is 3.87. The van der Waals surface area contributed by atoms with E-state index < -0.39 is 0 Å². The van der Waals surface area contributed by atoms with E-state index in [0.29, 0.717) is 25.9 Å². The van der Waals surface area contributed by atoms with Crippen LogP contribution in [0.1, 0.15) is 26.2 Å². The zero-order valence-corrected chi connectivity index (χ0v) is 7.01. The fraction of sp³-hybridized carbons (Fsp3) is 0.750. The van der Waals surface area contributed by atoms with Crippen molar-refractivity contribution in [3.05, 3.63) is 6.92 Å². The van der Waals surface area contributed by atoms with Gasteiger partial charge in [0, 0.05) is 12.5 Å². The van der Waals surface area contributed by atoms with Crippen LogP contribution in [0.5, 0.6) is 0 Å². The van der Waals surface area contributed by atoms with Gasteiger partial charge in [-0.2, -0.15) is 0 Å². The number of carbonyl (C=O) groups excluding carboxylic acids is 1. The number of esters is 1. The van der Waals surface area contributed by atoms with Gasteiger partial charge in [0.25, 0.3) is 0 Å². The van der Waals surface area contributed by atoms with Crippen molar-refractivity contribution in [3.63, 3.8) is 0 Å². The molecule has 0 heterocycles. The minimum Gasteiger partial charge on any atom is -0.466 e. The van der Waals surface area contributed by atoms with E-state index in [-0.39, 0.29) is 12.0 Å². The molecule has 0 spiro atoms. The minimum atomic E-state index is -0.175. The van der Waals surface area contributed by atoms with Crippen LogP contribution in [-0.2, 0) is 9.53 Å². The fourth-order valence-electron chi connectivity index (χ4n) is 0.604. The van der Waals surface area contributed by atoms with Crippen LogP contribution in [0, 0.1) is 6.92 Å². The van der Waals surface area contributed by atoms with Crippen LogP contribution in [0.3, 0.4) is 0 Å². The molecule has 0 bridgehead atoms. The van der Waals surface area contributed by atoms with E-state index in [1.54, 1.807) is 0 Å². The van der Waals surface area contributed by atoms with Crippen LogP contribution >= 0.6 is 0 Å². The van der Waals surface area contributed by atoms with Gasteiger partial charge in [0.2, 0.25) is 0 Å². The average molecular weight is 158 g/mol. The van der Waals surface area contributed by atoms with Crippen molar-refractivity contribution >= 4 is 5.97 Å². The van der Waals surface area contributed by atoms with Gasteiger partial charge in [-0.1, -0.05) is 0 Å². The topological polar surface area (TPSA) is 52.3 Å². The number of rotatable bonds is 5. The first kappa shape index (κ1) is 10.4. The molecule has 0 amide bonds. The third kappa shape index (κ3) is 7.33. The van der Waals surface area contributed by atoms with Crippen LogP contribution in [0.15, 0.2) is 0 Å². The molecular formula is C8H16NO2. The third-order valence-electron chi connectivity index (χ3n) is 1.21. The summed E-state index contributed by atoms with van der Waals surface area (Å²) in [6, 6.07) is 0.0716. The Bertz CT molecular complexity index is 113. The van der Waals surface area contributed by atoms with Gasteiger partial charge in [0.1, 0.15) is 0 Å². The summed E-state index contributed by atoms with van der Waals surface area (Å²) in [7, 11) is 0. The number of ether oxygens (including phenoxy) is 1. The molecule has 3 heteroatoms. The first-order chi connectivity index (χ1) is 5.16. The van der Waals surface area contributed by atoms with Crippen molar-refractivity contribution in [1.29, 1.82) is 0 Å². The highest BCUT2D eigenvalue weighted by molar-refractivity contribution is 5.69. The van der Waals surface area contributed by atoms with Crippen molar-refractivity contribution in [3.8, 4) is 0 Å². The van der Waals surface area contributed by atoms with Crippen molar-refractivity contribution in [1.82, 2.24) is 0 Å². The van der Waals surface area contributed by atoms with Gasteiger partial charge in [0.05, 0.1) is 6.61 Å². The van der Waals surface area contributed by atoms with E-state index in [0.717, 1.165) is 0 Å². The summed E-state index contributed by atoms with van der Waals surface area (Å²) >= 11 is 0. The highest BCUT2D eigenvalue weighted by Gasteiger charge is 2.03. The quantitative estimate of drug-likeness (QED) is 0.604. The second-order valence-electron chi connectivity index (χ2n) is 2.59. The highest BCUT2D eigenvalue weighted by Crippen LogP contribution is 1.96. The van der Waals surface area contributed by atoms with Gasteiger partial charge in [-0.3, -0.25) is 4.79 Å². The predicted molar refractivity (Wildman–Crippen MR) is 43.8 cm³/mol. The Kier molecular flexibility index (Phi) is 5.84. The summed E-state index contributed by atoms with van der Waals surface area (Å²) in [5.41, 5.74) is 5.45. The normalized spacial score (nSPS) is 12.6. The lowest BCUT2D eigenvalue weighted by atomic mass is 10.2. The van der Waals surface area contributed by atoms with E-state index in [1.807, 2.05) is 6.92 Å². The first-order valence-corrected chi connectivity index (χ1v) is 3.87. The maximum atomic E-state index is 10.8. The second-order valence-corrected chi connectivity index (χ2v) is 2.59. The summed E-state index contributed by atoms with van der Waals surface area (Å²) in [6.07, 6.45) is 1.73. The van der Waals surface area contributed by atoms with E-state index in [2.05, 4.69) is 6.92 Å². The molecule has 11 heavy (non-hydrogen) atoms. The standard InChI is InChI=1S/C8H16NO2/c1-3-6-11-8(10)5-4-7(2)9/h7H,1,3-6,9H2,2H3. The van der Waals surface area contributed by atoms with Gasteiger partial charge >= 0.3 is 5.97 Å². The van der Waals surface area contributed by atoms with Gasteiger partial charge in [-0.25, -0.2) is 0 Å². The van der Waals surface area contributed by atoms with Crippen LogP contribution in [-0.4, -0.2) is 18.6 Å². The Morgan fingerprint density at radius 1 is 1.73 bits per heavy atom. The maximum Gasteiger partial charge on any atom is 0.305 e. The molecule has 3 nitrogen and oxygen atoms in total. The molecule has 1 radical (unpaired) electrons. The van der Waals surface area contributed by atoms with Crippen molar-refractivity contribution in [2.24, 2.45) is 5.73 Å². The molecule has 1 unspecified atom stereocenters. The van der Waals surface area contributed by atoms with Gasteiger partial charge in [-0.15, -0.1) is 0 Å². The Morgan fingerprint density at radius 3 is 2.82 bits per heavy atom. The lowest BCUT2D eigenvalue weighted by Gasteiger charge is -2.04. The zero-order chi connectivity index (χ0) is 8.69. The molecule has 0 aromatic rings. The van der Waals surface area contributed by atoms with E-state index in [9.17, 15) is 4.79 Å². The molecule has 0 fully saturated rings. The lowest BCUT2D eigenvalue weighted by Crippen LogP contribution is -2.17. The Balaban J connectivity index is 3.23. The smallest absolute Gasteiger partial charge is 0.305 e. The summed E-state index contributed by atoms with van der Waals surface area (Å²) in [6.45, 7) is 5.84. The average Bonchev–Trinajstić information content (AvgIpc) is 1.97. The molecule has 65 valence electrons. The number of hydrogen-bond donors (Lipinski definition) is 1. The number of hydrogen-bond acceptors (Lipinski definition) is 3. The molecular weight excluding hydrogens is 142 g/mol. The number of carbonyl (C=O) groups is 1. The van der Waals surface area contributed by atoms with Crippen molar-refractivity contribution in [2.45, 2.75) is 32.2 Å². The molecule has 0 aliphatic heterocycles. The molecule has 0 saturated carbocycles. The molecule has 0 aliphatic rings. The van der Waals surface area contributed by atoms with Crippen molar-refractivity contribution in [2.75, 3.05) is 6.61 Å². The van der Waals surface area contributed by atoms with Crippen LogP contribution in [0.25, 0.3) is 0 Å². The van der Waals surface area contributed by atoms with Gasteiger partial charge in [0.15, 0.2) is 0 Å². The molecule has 0 aliphatic carbocycles. The molecule has 0 aromatic carbocycles. The van der Waals surface area contributed by atoms with Crippen LogP contribution in [0.4, 0.5) is 0 Å². The van der Waals surface area contributed by atoms with E-state index in [4.69, 9.17) is 10.5 Å². The monoisotopic (exact) mass is 158 g/mol. The summed E-state index contributed by atoms with van der Waals surface area (Å²) in [4.78, 5) is 10.8. The maximum absolute atomic E-state index is 10.8. The fourth-order valence-corrected chi connectivity index (χ4v) is 0.604. The lowest BCUT2D eigenvalue weighted by molar-refractivity contribution is -0.143. The van der Waals surface area contributed by atoms with Gasteiger partial charge in [-0.05, 0) is 26.7 Å². The third-order valence-corrected chi connectivity index (χ3v) is 1.21. The minimum absolute atomic E-state index is 0.0716. The Labute approximate surface area is 67.9 Å².